The molecular formula is C25H25N5O2S. The van der Waals surface area contributed by atoms with Crippen LogP contribution in [-0.4, -0.2) is 32.2 Å². The third kappa shape index (κ3) is 5.78. The van der Waals surface area contributed by atoms with Crippen LogP contribution < -0.4 is 10.6 Å². The number of pyridine rings is 1. The third-order valence-electron chi connectivity index (χ3n) is 5.12. The van der Waals surface area contributed by atoms with E-state index in [1.54, 1.807) is 22.7 Å². The van der Waals surface area contributed by atoms with Crippen molar-refractivity contribution >= 4 is 34.9 Å². The lowest BCUT2D eigenvalue weighted by molar-refractivity contribution is -0.113. The summed E-state index contributed by atoms with van der Waals surface area (Å²) in [5.74, 6) is 0.299. The van der Waals surface area contributed by atoms with E-state index in [0.29, 0.717) is 28.8 Å². The molecule has 2 amide bonds. The Morgan fingerprint density at radius 1 is 0.970 bits per heavy atom. The summed E-state index contributed by atoms with van der Waals surface area (Å²) in [6.07, 6.45) is 1.69. The number of fused-ring (bicyclic) bond motifs is 1. The second-order valence-electron chi connectivity index (χ2n) is 7.91. The van der Waals surface area contributed by atoms with Gasteiger partial charge in [-0.25, -0.2) is 0 Å². The maximum absolute atomic E-state index is 12.6. The molecule has 0 radical (unpaired) electrons. The van der Waals surface area contributed by atoms with Crippen LogP contribution in [0.2, 0.25) is 0 Å². The lowest BCUT2D eigenvalue weighted by Crippen LogP contribution is -2.23. The van der Waals surface area contributed by atoms with Crippen molar-refractivity contribution in [3.05, 3.63) is 89.6 Å². The van der Waals surface area contributed by atoms with Gasteiger partial charge in [0.2, 0.25) is 5.91 Å². The molecule has 33 heavy (non-hydrogen) atoms. The molecule has 8 heteroatoms. The molecule has 0 aliphatic carbocycles. The van der Waals surface area contributed by atoms with Gasteiger partial charge >= 0.3 is 0 Å². The molecular weight excluding hydrogens is 434 g/mol. The number of aromatic nitrogens is 3. The van der Waals surface area contributed by atoms with Crippen molar-refractivity contribution in [2.45, 2.75) is 31.5 Å². The molecule has 0 spiro atoms. The fourth-order valence-corrected chi connectivity index (χ4v) is 3.98. The highest BCUT2D eigenvalue weighted by molar-refractivity contribution is 7.99. The van der Waals surface area contributed by atoms with Crippen molar-refractivity contribution in [1.82, 2.24) is 19.9 Å². The van der Waals surface area contributed by atoms with Gasteiger partial charge in [-0.1, -0.05) is 68.1 Å². The summed E-state index contributed by atoms with van der Waals surface area (Å²) in [6.45, 7) is 4.71. The molecule has 0 aliphatic heterocycles. The molecule has 0 fully saturated rings. The van der Waals surface area contributed by atoms with Gasteiger partial charge in [0, 0.05) is 18.4 Å². The molecule has 2 N–H and O–H groups in total. The smallest absolute Gasteiger partial charge is 0.253 e. The number of amides is 2. The Bertz CT molecular complexity index is 1250. The maximum atomic E-state index is 12.6. The van der Waals surface area contributed by atoms with Crippen molar-refractivity contribution in [3.8, 4) is 0 Å². The van der Waals surface area contributed by atoms with Gasteiger partial charge in [-0.2, -0.15) is 0 Å². The van der Waals surface area contributed by atoms with Gasteiger partial charge in [-0.05, 0) is 41.3 Å². The first kappa shape index (κ1) is 22.5. The van der Waals surface area contributed by atoms with E-state index in [1.165, 1.54) is 17.3 Å². The number of hydrogen-bond donors (Lipinski definition) is 2. The maximum Gasteiger partial charge on any atom is 0.253 e. The molecule has 0 aliphatic rings. The van der Waals surface area contributed by atoms with Crippen molar-refractivity contribution in [1.29, 1.82) is 0 Å². The first-order valence-corrected chi connectivity index (χ1v) is 11.7. The van der Waals surface area contributed by atoms with Crippen molar-refractivity contribution in [2.24, 2.45) is 0 Å². The second kappa shape index (κ2) is 10.3. The van der Waals surface area contributed by atoms with Crippen LogP contribution in [-0.2, 0) is 11.3 Å². The highest BCUT2D eigenvalue weighted by Crippen LogP contribution is 2.20. The van der Waals surface area contributed by atoms with E-state index in [-0.39, 0.29) is 17.6 Å². The van der Waals surface area contributed by atoms with E-state index in [9.17, 15) is 9.59 Å². The number of rotatable bonds is 8. The standard InChI is InChI=1S/C25H25N5O2S/c1-17(2)19-8-11-21(12-9-19)27-23(31)16-33-25-29-28-22-13-10-20(15-30(22)25)24(32)26-14-18-6-4-3-5-7-18/h3-13,15,17H,14,16H2,1-2H3,(H,26,32)(H,27,31). The summed E-state index contributed by atoms with van der Waals surface area (Å²) in [5, 5.41) is 14.7. The van der Waals surface area contributed by atoms with Crippen LogP contribution in [0.15, 0.2) is 78.1 Å². The minimum absolute atomic E-state index is 0.134. The van der Waals surface area contributed by atoms with Gasteiger partial charge in [0.25, 0.3) is 5.91 Å². The monoisotopic (exact) mass is 459 g/mol. The zero-order valence-corrected chi connectivity index (χ0v) is 19.3. The minimum Gasteiger partial charge on any atom is -0.348 e. The van der Waals surface area contributed by atoms with Crippen molar-refractivity contribution in [3.63, 3.8) is 0 Å². The first-order chi connectivity index (χ1) is 16.0. The molecule has 0 saturated heterocycles. The van der Waals surface area contributed by atoms with E-state index < -0.39 is 0 Å². The summed E-state index contributed by atoms with van der Waals surface area (Å²) in [5.41, 5.74) is 4.11. The van der Waals surface area contributed by atoms with Crippen molar-refractivity contribution in [2.75, 3.05) is 11.1 Å². The Hall–Kier alpha value is -3.65. The van der Waals surface area contributed by atoms with Crippen LogP contribution in [0.5, 0.6) is 0 Å². The SMILES string of the molecule is CC(C)c1ccc(NC(=O)CSc2nnc3ccc(C(=O)NCc4ccccc4)cn23)cc1. The fraction of sp³-hybridized carbons (Fsp3) is 0.200. The highest BCUT2D eigenvalue weighted by atomic mass is 32.2. The van der Waals surface area contributed by atoms with Crippen LogP contribution in [0.1, 0.15) is 41.3 Å². The van der Waals surface area contributed by atoms with Gasteiger partial charge in [0.15, 0.2) is 10.8 Å². The van der Waals surface area contributed by atoms with Gasteiger partial charge in [-0.15, -0.1) is 10.2 Å². The lowest BCUT2D eigenvalue weighted by atomic mass is 10.0. The van der Waals surface area contributed by atoms with Crippen LogP contribution in [0, 0.1) is 0 Å². The highest BCUT2D eigenvalue weighted by Gasteiger charge is 2.13. The number of nitrogens with zero attached hydrogens (tertiary/aromatic N) is 3. The van der Waals surface area contributed by atoms with E-state index in [0.717, 1.165) is 11.3 Å². The Kier molecular flexibility index (Phi) is 7.04. The summed E-state index contributed by atoms with van der Waals surface area (Å²) in [7, 11) is 0. The van der Waals surface area contributed by atoms with Gasteiger partial charge in [0.05, 0.1) is 11.3 Å². The van der Waals surface area contributed by atoms with Gasteiger partial charge < -0.3 is 10.6 Å². The second-order valence-corrected chi connectivity index (χ2v) is 8.85. The molecule has 168 valence electrons. The van der Waals surface area contributed by atoms with Crippen LogP contribution >= 0.6 is 11.8 Å². The predicted octanol–water partition coefficient (Wildman–Crippen LogP) is 4.51. The molecule has 0 saturated carbocycles. The quantitative estimate of drug-likeness (QED) is 0.379. The van der Waals surface area contributed by atoms with Gasteiger partial charge in [0.1, 0.15) is 0 Å². The largest absolute Gasteiger partial charge is 0.348 e. The molecule has 0 bridgehead atoms. The Morgan fingerprint density at radius 2 is 1.73 bits per heavy atom. The summed E-state index contributed by atoms with van der Waals surface area (Å²) in [6, 6.07) is 21.0. The molecule has 7 nitrogen and oxygen atoms in total. The zero-order chi connectivity index (χ0) is 23.2. The molecule has 2 heterocycles. The Labute approximate surface area is 196 Å². The number of carbonyl (C=O) groups is 2. The molecule has 2 aromatic heterocycles. The minimum atomic E-state index is -0.187. The number of anilines is 1. The van der Waals surface area contributed by atoms with Gasteiger partial charge in [-0.3, -0.25) is 14.0 Å². The Balaban J connectivity index is 1.37. The van der Waals surface area contributed by atoms with Crippen molar-refractivity contribution < 1.29 is 9.59 Å². The lowest BCUT2D eigenvalue weighted by Gasteiger charge is -2.08. The van der Waals surface area contributed by atoms with E-state index in [4.69, 9.17) is 0 Å². The summed E-state index contributed by atoms with van der Waals surface area (Å²) < 4.78 is 1.73. The molecule has 0 unspecified atom stereocenters. The molecule has 2 aromatic carbocycles. The van der Waals surface area contributed by atoms with E-state index in [2.05, 4.69) is 34.7 Å². The van der Waals surface area contributed by atoms with Crippen LogP contribution in [0.3, 0.4) is 0 Å². The first-order valence-electron chi connectivity index (χ1n) is 10.7. The molecule has 0 atom stereocenters. The normalized spacial score (nSPS) is 11.0. The predicted molar refractivity (Wildman–Crippen MR) is 130 cm³/mol. The average molecular weight is 460 g/mol. The van der Waals surface area contributed by atoms with Crippen LogP contribution in [0.25, 0.3) is 5.65 Å². The topological polar surface area (TPSA) is 88.4 Å². The molecule has 4 rings (SSSR count). The third-order valence-corrected chi connectivity index (χ3v) is 6.07. The fourth-order valence-electron chi connectivity index (χ4n) is 3.26. The van der Waals surface area contributed by atoms with E-state index in [1.807, 2.05) is 54.6 Å². The van der Waals surface area contributed by atoms with Crippen LogP contribution in [0.4, 0.5) is 5.69 Å². The zero-order valence-electron chi connectivity index (χ0n) is 18.5. The summed E-state index contributed by atoms with van der Waals surface area (Å²) >= 11 is 1.27. The van der Waals surface area contributed by atoms with E-state index >= 15 is 0 Å². The number of benzene rings is 2. The number of carbonyl (C=O) groups excluding carboxylic acids is 2. The number of nitrogens with one attached hydrogen (secondary N) is 2. The molecule has 4 aromatic rings. The summed E-state index contributed by atoms with van der Waals surface area (Å²) in [4.78, 5) is 25.0. The Morgan fingerprint density at radius 3 is 2.45 bits per heavy atom. The number of thioether (sulfide) groups is 1. The number of hydrogen-bond acceptors (Lipinski definition) is 5. The average Bonchev–Trinajstić information content (AvgIpc) is 3.24.